The zero-order valence-electron chi connectivity index (χ0n) is 11.7. The number of hydrogen-bond donors (Lipinski definition) is 3. The lowest BCUT2D eigenvalue weighted by molar-refractivity contribution is -0.124. The molecule has 1 aromatic rings. The summed E-state index contributed by atoms with van der Waals surface area (Å²) in [5, 5.41) is 11.8. The number of nitrogen functional groups attached to an aromatic ring is 1. The first-order chi connectivity index (χ1) is 10.0. The summed E-state index contributed by atoms with van der Waals surface area (Å²) in [6.07, 6.45) is 0. The number of carbonyl (C=O) groups excluding carboxylic acids is 1. The van der Waals surface area contributed by atoms with Crippen molar-refractivity contribution in [1.82, 2.24) is 10.3 Å². The standard InChI is InChI=1S/C13H18N4O4/c1-2-15-12(18)10-7-21-6-5-17(10)11-8(14)3-4-9(16-11)13(19)20/h3-4,10H,2,5-7,14H2,1H3,(H,15,18)(H,19,20). The largest absolute Gasteiger partial charge is 0.477 e. The molecule has 1 amide bonds. The molecule has 1 aliphatic rings. The minimum Gasteiger partial charge on any atom is -0.477 e. The number of nitrogens with one attached hydrogen (secondary N) is 1. The van der Waals surface area contributed by atoms with Crippen LogP contribution in [0.3, 0.4) is 0 Å². The Morgan fingerprint density at radius 3 is 3.00 bits per heavy atom. The molecule has 1 fully saturated rings. The number of anilines is 2. The molecule has 8 nitrogen and oxygen atoms in total. The van der Waals surface area contributed by atoms with Crippen LogP contribution in [0.15, 0.2) is 12.1 Å². The van der Waals surface area contributed by atoms with Crippen molar-refractivity contribution < 1.29 is 19.4 Å². The molecule has 1 saturated heterocycles. The molecular weight excluding hydrogens is 276 g/mol. The molecular formula is C13H18N4O4. The van der Waals surface area contributed by atoms with Gasteiger partial charge in [0.25, 0.3) is 0 Å². The number of amides is 1. The number of hydrogen-bond acceptors (Lipinski definition) is 6. The Balaban J connectivity index is 2.34. The zero-order valence-corrected chi connectivity index (χ0v) is 11.7. The number of nitrogens with zero attached hydrogens (tertiary/aromatic N) is 2. The molecule has 2 rings (SSSR count). The van der Waals surface area contributed by atoms with E-state index >= 15 is 0 Å². The van der Waals surface area contributed by atoms with Gasteiger partial charge in [-0.2, -0.15) is 0 Å². The van der Waals surface area contributed by atoms with Crippen LogP contribution in [-0.4, -0.2) is 54.3 Å². The number of nitrogens with two attached hydrogens (primary N) is 1. The number of aromatic nitrogens is 1. The SMILES string of the molecule is CCNC(=O)C1COCCN1c1nc(C(=O)O)ccc1N. The molecule has 1 aliphatic heterocycles. The van der Waals surface area contributed by atoms with E-state index in [2.05, 4.69) is 10.3 Å². The number of aromatic carboxylic acids is 1. The zero-order chi connectivity index (χ0) is 15.4. The van der Waals surface area contributed by atoms with Gasteiger partial charge in [-0.15, -0.1) is 0 Å². The maximum Gasteiger partial charge on any atom is 0.354 e. The van der Waals surface area contributed by atoms with Crippen molar-refractivity contribution in [2.75, 3.05) is 36.9 Å². The van der Waals surface area contributed by atoms with Crippen molar-refractivity contribution >= 4 is 23.4 Å². The van der Waals surface area contributed by atoms with Gasteiger partial charge in [0.2, 0.25) is 5.91 Å². The van der Waals surface area contributed by atoms with Crippen molar-refractivity contribution in [1.29, 1.82) is 0 Å². The molecule has 1 aromatic heterocycles. The van der Waals surface area contributed by atoms with Crippen molar-refractivity contribution in [2.24, 2.45) is 0 Å². The number of morpholine rings is 1. The van der Waals surface area contributed by atoms with E-state index in [0.29, 0.717) is 31.2 Å². The Labute approximate surface area is 121 Å². The van der Waals surface area contributed by atoms with Crippen molar-refractivity contribution in [3.63, 3.8) is 0 Å². The number of ether oxygens (including phenoxy) is 1. The van der Waals surface area contributed by atoms with Gasteiger partial charge in [-0.05, 0) is 19.1 Å². The van der Waals surface area contributed by atoms with Gasteiger partial charge < -0.3 is 25.8 Å². The Kier molecular flexibility index (Phi) is 4.59. The first-order valence-corrected chi connectivity index (χ1v) is 6.66. The summed E-state index contributed by atoms with van der Waals surface area (Å²) in [5.41, 5.74) is 6.11. The van der Waals surface area contributed by atoms with Gasteiger partial charge in [-0.25, -0.2) is 9.78 Å². The van der Waals surface area contributed by atoms with Crippen molar-refractivity contribution in [3.8, 4) is 0 Å². The van der Waals surface area contributed by atoms with E-state index in [4.69, 9.17) is 15.6 Å². The van der Waals surface area contributed by atoms with E-state index in [-0.39, 0.29) is 18.2 Å². The summed E-state index contributed by atoms with van der Waals surface area (Å²) in [7, 11) is 0. The maximum atomic E-state index is 12.1. The predicted octanol–water partition coefficient (Wildman–Crippen LogP) is -0.297. The Hall–Kier alpha value is -2.35. The van der Waals surface area contributed by atoms with E-state index < -0.39 is 12.0 Å². The first kappa shape index (κ1) is 15.0. The molecule has 0 saturated carbocycles. The van der Waals surface area contributed by atoms with Gasteiger partial charge in [-0.1, -0.05) is 0 Å². The monoisotopic (exact) mass is 294 g/mol. The third-order valence-corrected chi connectivity index (χ3v) is 3.18. The van der Waals surface area contributed by atoms with Crippen LogP contribution >= 0.6 is 0 Å². The second-order valence-corrected chi connectivity index (χ2v) is 4.59. The molecule has 0 aliphatic carbocycles. The summed E-state index contributed by atoms with van der Waals surface area (Å²) in [4.78, 5) is 28.9. The average Bonchev–Trinajstić information content (AvgIpc) is 2.47. The van der Waals surface area contributed by atoms with E-state index in [9.17, 15) is 9.59 Å². The average molecular weight is 294 g/mol. The Bertz CT molecular complexity index is 549. The second-order valence-electron chi connectivity index (χ2n) is 4.59. The van der Waals surface area contributed by atoms with Crippen LogP contribution in [0.4, 0.5) is 11.5 Å². The van der Waals surface area contributed by atoms with Crippen LogP contribution in [0.1, 0.15) is 17.4 Å². The van der Waals surface area contributed by atoms with Crippen LogP contribution in [-0.2, 0) is 9.53 Å². The number of pyridine rings is 1. The predicted molar refractivity (Wildman–Crippen MR) is 76.2 cm³/mol. The fraction of sp³-hybridized carbons (Fsp3) is 0.462. The fourth-order valence-corrected chi connectivity index (χ4v) is 2.17. The van der Waals surface area contributed by atoms with Crippen LogP contribution in [0, 0.1) is 0 Å². The summed E-state index contributed by atoms with van der Waals surface area (Å²) in [5.74, 6) is -1.03. The van der Waals surface area contributed by atoms with E-state index in [0.717, 1.165) is 0 Å². The van der Waals surface area contributed by atoms with Gasteiger partial charge in [0.05, 0.1) is 18.9 Å². The van der Waals surface area contributed by atoms with Gasteiger partial charge >= 0.3 is 5.97 Å². The van der Waals surface area contributed by atoms with E-state index in [1.54, 1.807) is 4.90 Å². The van der Waals surface area contributed by atoms with E-state index in [1.807, 2.05) is 6.92 Å². The van der Waals surface area contributed by atoms with Crippen LogP contribution < -0.4 is 16.0 Å². The summed E-state index contributed by atoms with van der Waals surface area (Å²) >= 11 is 0. The highest BCUT2D eigenvalue weighted by atomic mass is 16.5. The Morgan fingerprint density at radius 1 is 1.57 bits per heavy atom. The van der Waals surface area contributed by atoms with Gasteiger partial charge in [0.1, 0.15) is 6.04 Å². The number of rotatable bonds is 4. The molecule has 8 heteroatoms. The molecule has 0 spiro atoms. The third kappa shape index (κ3) is 3.22. The molecule has 0 bridgehead atoms. The topological polar surface area (TPSA) is 118 Å². The highest BCUT2D eigenvalue weighted by Gasteiger charge is 2.31. The molecule has 2 heterocycles. The number of carbonyl (C=O) groups is 2. The summed E-state index contributed by atoms with van der Waals surface area (Å²) < 4.78 is 5.33. The summed E-state index contributed by atoms with van der Waals surface area (Å²) in [6, 6.07) is 2.25. The highest BCUT2D eigenvalue weighted by molar-refractivity contribution is 5.89. The first-order valence-electron chi connectivity index (χ1n) is 6.66. The highest BCUT2D eigenvalue weighted by Crippen LogP contribution is 2.24. The number of carboxylic acid groups (broad SMARTS) is 1. The van der Waals surface area contributed by atoms with Gasteiger partial charge in [0.15, 0.2) is 11.5 Å². The lowest BCUT2D eigenvalue weighted by atomic mass is 10.2. The fourth-order valence-electron chi connectivity index (χ4n) is 2.17. The quantitative estimate of drug-likeness (QED) is 0.698. The van der Waals surface area contributed by atoms with Gasteiger partial charge in [-0.3, -0.25) is 4.79 Å². The smallest absolute Gasteiger partial charge is 0.354 e. The lowest BCUT2D eigenvalue weighted by Crippen LogP contribution is -2.54. The Morgan fingerprint density at radius 2 is 2.33 bits per heavy atom. The second kappa shape index (κ2) is 6.40. The molecule has 1 unspecified atom stereocenters. The van der Waals surface area contributed by atoms with Gasteiger partial charge in [0, 0.05) is 13.1 Å². The molecule has 21 heavy (non-hydrogen) atoms. The third-order valence-electron chi connectivity index (χ3n) is 3.18. The van der Waals surface area contributed by atoms with Crippen LogP contribution in [0.2, 0.25) is 0 Å². The normalized spacial score (nSPS) is 18.3. The maximum absolute atomic E-state index is 12.1. The van der Waals surface area contributed by atoms with Crippen molar-refractivity contribution in [2.45, 2.75) is 13.0 Å². The number of carboxylic acids is 1. The molecule has 0 radical (unpaired) electrons. The molecule has 4 N–H and O–H groups in total. The van der Waals surface area contributed by atoms with Crippen LogP contribution in [0.5, 0.6) is 0 Å². The molecule has 0 aromatic carbocycles. The molecule has 114 valence electrons. The van der Waals surface area contributed by atoms with Crippen LogP contribution in [0.25, 0.3) is 0 Å². The van der Waals surface area contributed by atoms with Crippen molar-refractivity contribution in [3.05, 3.63) is 17.8 Å². The number of likely N-dealkylation sites (N-methyl/N-ethyl adjacent to an activating group) is 1. The van der Waals surface area contributed by atoms with E-state index in [1.165, 1.54) is 12.1 Å². The minimum atomic E-state index is -1.14. The summed E-state index contributed by atoms with van der Waals surface area (Å²) in [6.45, 7) is 3.38. The lowest BCUT2D eigenvalue weighted by Gasteiger charge is -2.36. The minimum absolute atomic E-state index is 0.111. The molecule has 1 atom stereocenters.